The smallest absolute Gasteiger partial charge is 0.339 e. The maximum absolute atomic E-state index is 12.2. The predicted octanol–water partition coefficient (Wildman–Crippen LogP) is 4.16. The number of esters is 1. The molecule has 0 aromatic heterocycles. The molecule has 5 heteroatoms. The topological polar surface area (TPSA) is 55.4 Å². The number of rotatable bonds is 7. The Morgan fingerprint density at radius 2 is 1.75 bits per heavy atom. The molecule has 0 heterocycles. The number of anilines is 1. The molecule has 0 bridgehead atoms. The number of aryl methyl sites for hydroxylation is 1. The minimum atomic E-state index is -0.483. The van der Waals surface area contributed by atoms with Crippen LogP contribution >= 0.6 is 11.8 Å². The van der Waals surface area contributed by atoms with Crippen LogP contribution in [0.15, 0.2) is 53.4 Å². The van der Waals surface area contributed by atoms with Crippen LogP contribution in [-0.2, 0) is 16.0 Å². The molecule has 0 radical (unpaired) electrons. The standard InChI is InChI=1S/C19H21NO3S/c1-3-14-9-11-15(12-10-14)20-18(21)13-23-19(22)16-7-5-6-8-17(16)24-4-2/h5-12H,3-4,13H2,1-2H3,(H,20,21). The van der Waals surface area contributed by atoms with Crippen molar-refractivity contribution in [3.63, 3.8) is 0 Å². The molecule has 0 fully saturated rings. The quantitative estimate of drug-likeness (QED) is 0.606. The van der Waals surface area contributed by atoms with Gasteiger partial charge in [0.05, 0.1) is 5.56 Å². The van der Waals surface area contributed by atoms with Gasteiger partial charge >= 0.3 is 5.97 Å². The van der Waals surface area contributed by atoms with Gasteiger partial charge in [0.25, 0.3) is 5.91 Å². The van der Waals surface area contributed by atoms with Crippen LogP contribution in [0.5, 0.6) is 0 Å². The SMILES string of the molecule is CCSc1ccccc1C(=O)OCC(=O)Nc1ccc(CC)cc1. The minimum absolute atomic E-state index is 0.306. The van der Waals surface area contributed by atoms with Crippen molar-refractivity contribution in [2.45, 2.75) is 25.2 Å². The Bertz CT molecular complexity index is 698. The molecule has 0 unspecified atom stereocenters. The van der Waals surface area contributed by atoms with Crippen molar-refractivity contribution in [1.82, 2.24) is 0 Å². The molecule has 0 aliphatic heterocycles. The zero-order valence-electron chi connectivity index (χ0n) is 13.9. The van der Waals surface area contributed by atoms with E-state index in [2.05, 4.69) is 12.2 Å². The lowest BCUT2D eigenvalue weighted by molar-refractivity contribution is -0.119. The fourth-order valence-electron chi connectivity index (χ4n) is 2.15. The van der Waals surface area contributed by atoms with Crippen LogP contribution in [0.25, 0.3) is 0 Å². The maximum Gasteiger partial charge on any atom is 0.339 e. The Labute approximate surface area is 146 Å². The summed E-state index contributed by atoms with van der Waals surface area (Å²) in [5.74, 6) is 0.0229. The molecule has 1 amide bonds. The van der Waals surface area contributed by atoms with Gasteiger partial charge in [0.15, 0.2) is 6.61 Å². The zero-order valence-corrected chi connectivity index (χ0v) is 14.7. The van der Waals surface area contributed by atoms with Gasteiger partial charge < -0.3 is 10.1 Å². The third-order valence-electron chi connectivity index (χ3n) is 3.39. The van der Waals surface area contributed by atoms with Gasteiger partial charge in [-0.1, -0.05) is 38.1 Å². The van der Waals surface area contributed by atoms with Crippen molar-refractivity contribution in [2.75, 3.05) is 17.7 Å². The molecule has 0 saturated carbocycles. The van der Waals surface area contributed by atoms with E-state index < -0.39 is 5.97 Å². The molecule has 0 aliphatic carbocycles. The van der Waals surface area contributed by atoms with E-state index in [1.807, 2.05) is 43.3 Å². The third-order valence-corrected chi connectivity index (χ3v) is 4.34. The van der Waals surface area contributed by atoms with Gasteiger partial charge in [-0.15, -0.1) is 11.8 Å². The summed E-state index contributed by atoms with van der Waals surface area (Å²) in [5.41, 5.74) is 2.38. The second-order valence-corrected chi connectivity index (χ2v) is 6.41. The monoisotopic (exact) mass is 343 g/mol. The minimum Gasteiger partial charge on any atom is -0.452 e. The Kier molecular flexibility index (Phi) is 6.88. The fraction of sp³-hybridized carbons (Fsp3) is 0.263. The van der Waals surface area contributed by atoms with Crippen molar-refractivity contribution in [2.24, 2.45) is 0 Å². The lowest BCUT2D eigenvalue weighted by atomic mass is 10.1. The van der Waals surface area contributed by atoms with E-state index in [1.165, 1.54) is 5.56 Å². The third kappa shape index (κ3) is 5.13. The molecular formula is C19H21NO3S. The zero-order chi connectivity index (χ0) is 17.4. The number of carbonyl (C=O) groups is 2. The molecule has 0 spiro atoms. The van der Waals surface area contributed by atoms with E-state index >= 15 is 0 Å². The summed E-state index contributed by atoms with van der Waals surface area (Å²) in [6.07, 6.45) is 0.945. The first-order valence-corrected chi connectivity index (χ1v) is 8.90. The Morgan fingerprint density at radius 3 is 2.42 bits per heavy atom. The summed E-state index contributed by atoms with van der Waals surface area (Å²) in [6.45, 7) is 3.78. The average Bonchev–Trinajstić information content (AvgIpc) is 2.61. The summed E-state index contributed by atoms with van der Waals surface area (Å²) in [4.78, 5) is 24.9. The molecule has 24 heavy (non-hydrogen) atoms. The van der Waals surface area contributed by atoms with Crippen LogP contribution in [0.2, 0.25) is 0 Å². The van der Waals surface area contributed by atoms with E-state index in [1.54, 1.807) is 23.9 Å². The van der Waals surface area contributed by atoms with Crippen molar-refractivity contribution >= 4 is 29.3 Å². The number of amides is 1. The first kappa shape index (κ1) is 18.1. The predicted molar refractivity (Wildman–Crippen MR) is 97.6 cm³/mol. The van der Waals surface area contributed by atoms with Gasteiger partial charge in [-0.25, -0.2) is 4.79 Å². The Hall–Kier alpha value is -2.27. The molecule has 1 N–H and O–H groups in total. The highest BCUT2D eigenvalue weighted by molar-refractivity contribution is 7.99. The number of benzene rings is 2. The summed E-state index contributed by atoms with van der Waals surface area (Å²) in [7, 11) is 0. The van der Waals surface area contributed by atoms with Crippen LogP contribution in [0.3, 0.4) is 0 Å². The largest absolute Gasteiger partial charge is 0.452 e. The molecule has 4 nitrogen and oxygen atoms in total. The van der Waals surface area contributed by atoms with Gasteiger partial charge in [0.1, 0.15) is 0 Å². The normalized spacial score (nSPS) is 10.2. The Balaban J connectivity index is 1.90. The summed E-state index contributed by atoms with van der Waals surface area (Å²) < 4.78 is 5.13. The van der Waals surface area contributed by atoms with Crippen LogP contribution in [0.1, 0.15) is 29.8 Å². The molecule has 2 aromatic carbocycles. The number of carbonyl (C=O) groups excluding carboxylic acids is 2. The average molecular weight is 343 g/mol. The second-order valence-electron chi connectivity index (χ2n) is 5.10. The van der Waals surface area contributed by atoms with E-state index in [4.69, 9.17) is 4.74 Å². The number of hydrogen-bond acceptors (Lipinski definition) is 4. The van der Waals surface area contributed by atoms with E-state index in [0.29, 0.717) is 11.3 Å². The highest BCUT2D eigenvalue weighted by atomic mass is 32.2. The summed E-state index contributed by atoms with van der Waals surface area (Å²) >= 11 is 1.57. The molecule has 0 saturated heterocycles. The van der Waals surface area contributed by atoms with E-state index in [0.717, 1.165) is 17.1 Å². The lowest BCUT2D eigenvalue weighted by Gasteiger charge is -2.09. The second kappa shape index (κ2) is 9.13. The van der Waals surface area contributed by atoms with Crippen LogP contribution < -0.4 is 5.32 Å². The van der Waals surface area contributed by atoms with Crippen LogP contribution in [0.4, 0.5) is 5.69 Å². The fourth-order valence-corrected chi connectivity index (χ4v) is 2.94. The van der Waals surface area contributed by atoms with Crippen molar-refractivity contribution < 1.29 is 14.3 Å². The highest BCUT2D eigenvalue weighted by Gasteiger charge is 2.14. The Morgan fingerprint density at radius 1 is 1.04 bits per heavy atom. The first-order valence-electron chi connectivity index (χ1n) is 7.91. The number of ether oxygens (including phenoxy) is 1. The summed E-state index contributed by atoms with van der Waals surface area (Å²) in [6, 6.07) is 14.8. The van der Waals surface area contributed by atoms with Gasteiger partial charge in [-0.05, 0) is 42.0 Å². The van der Waals surface area contributed by atoms with Crippen molar-refractivity contribution in [1.29, 1.82) is 0 Å². The van der Waals surface area contributed by atoms with E-state index in [9.17, 15) is 9.59 Å². The molecule has 2 aromatic rings. The highest BCUT2D eigenvalue weighted by Crippen LogP contribution is 2.22. The van der Waals surface area contributed by atoms with Crippen molar-refractivity contribution in [3.8, 4) is 0 Å². The van der Waals surface area contributed by atoms with Crippen LogP contribution in [0, 0.1) is 0 Å². The van der Waals surface area contributed by atoms with Gasteiger partial charge in [-0.2, -0.15) is 0 Å². The maximum atomic E-state index is 12.2. The molecule has 2 rings (SSSR count). The molecule has 0 atom stereocenters. The number of hydrogen-bond donors (Lipinski definition) is 1. The van der Waals surface area contributed by atoms with Gasteiger partial charge in [0, 0.05) is 10.6 Å². The molecule has 126 valence electrons. The van der Waals surface area contributed by atoms with Crippen LogP contribution in [-0.4, -0.2) is 24.2 Å². The van der Waals surface area contributed by atoms with Gasteiger partial charge in [0.2, 0.25) is 0 Å². The number of nitrogens with one attached hydrogen (secondary N) is 1. The van der Waals surface area contributed by atoms with Crippen molar-refractivity contribution in [3.05, 3.63) is 59.7 Å². The number of thioether (sulfide) groups is 1. The molecule has 0 aliphatic rings. The lowest BCUT2D eigenvalue weighted by Crippen LogP contribution is -2.21. The van der Waals surface area contributed by atoms with E-state index in [-0.39, 0.29) is 12.5 Å². The van der Waals surface area contributed by atoms with Gasteiger partial charge in [-0.3, -0.25) is 4.79 Å². The first-order chi connectivity index (χ1) is 11.6. The summed E-state index contributed by atoms with van der Waals surface area (Å²) in [5, 5.41) is 2.72. The molecular weight excluding hydrogens is 322 g/mol.